The van der Waals surface area contributed by atoms with Gasteiger partial charge in [-0.1, -0.05) is 30.3 Å². The van der Waals surface area contributed by atoms with Gasteiger partial charge in [0.05, 0.1) is 24.5 Å². The number of benzene rings is 2. The van der Waals surface area contributed by atoms with E-state index in [1.165, 1.54) is 18.6 Å². The first-order chi connectivity index (χ1) is 15.2. The number of hydrogen-bond acceptors (Lipinski definition) is 4. The molecule has 1 aliphatic heterocycles. The second kappa shape index (κ2) is 10.3. The van der Waals surface area contributed by atoms with Gasteiger partial charge < -0.3 is 18.8 Å². The maximum Gasteiger partial charge on any atom is 0.257 e. The topological polar surface area (TPSA) is 51.9 Å². The lowest BCUT2D eigenvalue weighted by Crippen LogP contribution is -2.36. The number of rotatable bonds is 9. The van der Waals surface area contributed by atoms with Crippen LogP contribution in [0.3, 0.4) is 0 Å². The molecule has 1 aromatic heterocycles. The van der Waals surface area contributed by atoms with Crippen molar-refractivity contribution in [3.8, 4) is 5.75 Å². The standard InChI is InChI=1S/C25H26FNO4/c26-24-9-2-1-6-20(24)11-14-31-22-7-3-5-19(15-22)16-27(17-23-8-4-12-30-23)25(28)21-10-13-29-18-21/h1-3,5-7,9-10,13,15,18,23H,4,8,11-12,14,16-17H2. The highest BCUT2D eigenvalue weighted by Gasteiger charge is 2.24. The van der Waals surface area contributed by atoms with Crippen molar-refractivity contribution in [2.24, 2.45) is 0 Å². The molecule has 6 heteroatoms. The van der Waals surface area contributed by atoms with Crippen molar-refractivity contribution < 1.29 is 23.1 Å². The van der Waals surface area contributed by atoms with Crippen LogP contribution in [0.4, 0.5) is 4.39 Å². The van der Waals surface area contributed by atoms with Crippen molar-refractivity contribution in [2.45, 2.75) is 31.9 Å². The molecule has 162 valence electrons. The van der Waals surface area contributed by atoms with Crippen LogP contribution in [0.1, 0.15) is 34.3 Å². The van der Waals surface area contributed by atoms with Gasteiger partial charge in [-0.15, -0.1) is 0 Å². The lowest BCUT2D eigenvalue weighted by Gasteiger charge is -2.25. The van der Waals surface area contributed by atoms with Crippen LogP contribution in [0.5, 0.6) is 5.75 Å². The molecule has 0 spiro atoms. The van der Waals surface area contributed by atoms with Crippen molar-refractivity contribution in [3.05, 3.63) is 89.6 Å². The van der Waals surface area contributed by atoms with Crippen LogP contribution in [0, 0.1) is 5.82 Å². The molecule has 0 bridgehead atoms. The maximum atomic E-state index is 13.8. The summed E-state index contributed by atoms with van der Waals surface area (Å²) < 4.78 is 30.4. The molecule has 1 saturated heterocycles. The van der Waals surface area contributed by atoms with E-state index >= 15 is 0 Å². The summed E-state index contributed by atoms with van der Waals surface area (Å²) in [6, 6.07) is 16.0. The molecule has 0 radical (unpaired) electrons. The summed E-state index contributed by atoms with van der Waals surface area (Å²) in [6.07, 6.45) is 5.48. The third-order valence-corrected chi connectivity index (χ3v) is 5.37. The Labute approximate surface area is 181 Å². The zero-order valence-corrected chi connectivity index (χ0v) is 17.3. The molecule has 1 amide bonds. The predicted octanol–water partition coefficient (Wildman–Crippen LogP) is 4.86. The molecule has 4 rings (SSSR count). The second-order valence-electron chi connectivity index (χ2n) is 7.67. The molecule has 2 aromatic carbocycles. The van der Waals surface area contributed by atoms with E-state index in [0.29, 0.717) is 43.0 Å². The minimum atomic E-state index is -0.220. The van der Waals surface area contributed by atoms with E-state index in [0.717, 1.165) is 25.0 Å². The third kappa shape index (κ3) is 5.73. The van der Waals surface area contributed by atoms with Gasteiger partial charge in [0, 0.05) is 26.1 Å². The summed E-state index contributed by atoms with van der Waals surface area (Å²) in [7, 11) is 0. The Bertz CT molecular complexity index is 983. The fraction of sp³-hybridized carbons (Fsp3) is 0.320. The molecule has 3 aromatic rings. The molecule has 1 atom stereocenters. The molecule has 0 N–H and O–H groups in total. The van der Waals surface area contributed by atoms with Gasteiger partial charge >= 0.3 is 0 Å². The van der Waals surface area contributed by atoms with E-state index in [2.05, 4.69) is 0 Å². The quantitative estimate of drug-likeness (QED) is 0.493. The van der Waals surface area contributed by atoms with Crippen LogP contribution in [0.2, 0.25) is 0 Å². The highest BCUT2D eigenvalue weighted by Crippen LogP contribution is 2.20. The average molecular weight is 423 g/mol. The lowest BCUT2D eigenvalue weighted by atomic mass is 10.1. The highest BCUT2D eigenvalue weighted by atomic mass is 19.1. The number of furan rings is 1. The summed E-state index contributed by atoms with van der Waals surface area (Å²) in [5.74, 6) is 0.388. The first kappa shape index (κ1) is 21.1. The van der Waals surface area contributed by atoms with E-state index in [1.807, 2.05) is 30.3 Å². The van der Waals surface area contributed by atoms with Crippen molar-refractivity contribution >= 4 is 5.91 Å². The van der Waals surface area contributed by atoms with Crippen LogP contribution in [-0.2, 0) is 17.7 Å². The summed E-state index contributed by atoms with van der Waals surface area (Å²) in [5.41, 5.74) is 2.11. The summed E-state index contributed by atoms with van der Waals surface area (Å²) in [6.45, 7) is 2.08. The van der Waals surface area contributed by atoms with Crippen LogP contribution < -0.4 is 4.74 Å². The molecule has 0 aliphatic carbocycles. The summed E-state index contributed by atoms with van der Waals surface area (Å²) >= 11 is 0. The van der Waals surface area contributed by atoms with Gasteiger partial charge in [0.25, 0.3) is 5.91 Å². The number of amides is 1. The Morgan fingerprint density at radius 2 is 2.06 bits per heavy atom. The Morgan fingerprint density at radius 1 is 1.16 bits per heavy atom. The SMILES string of the molecule is O=C(c1ccoc1)N(Cc1cccc(OCCc2ccccc2F)c1)CC1CCCO1. The van der Waals surface area contributed by atoms with E-state index in [1.54, 1.807) is 23.1 Å². The van der Waals surface area contributed by atoms with Gasteiger partial charge in [-0.25, -0.2) is 4.39 Å². The van der Waals surface area contributed by atoms with Crippen molar-refractivity contribution in [2.75, 3.05) is 19.8 Å². The summed E-state index contributed by atoms with van der Waals surface area (Å²) in [4.78, 5) is 14.8. The molecule has 5 nitrogen and oxygen atoms in total. The van der Waals surface area contributed by atoms with Crippen LogP contribution in [0.25, 0.3) is 0 Å². The molecule has 1 unspecified atom stereocenters. The molecule has 1 fully saturated rings. The van der Waals surface area contributed by atoms with Gasteiger partial charge in [-0.2, -0.15) is 0 Å². The number of carbonyl (C=O) groups is 1. The summed E-state index contributed by atoms with van der Waals surface area (Å²) in [5, 5.41) is 0. The first-order valence-corrected chi connectivity index (χ1v) is 10.6. The Hall–Kier alpha value is -3.12. The Kier molecular flexibility index (Phi) is 6.99. The Morgan fingerprint density at radius 3 is 2.84 bits per heavy atom. The van der Waals surface area contributed by atoms with Gasteiger partial charge in [-0.05, 0) is 48.2 Å². The minimum absolute atomic E-state index is 0.0519. The third-order valence-electron chi connectivity index (χ3n) is 5.37. The van der Waals surface area contributed by atoms with Crippen LogP contribution >= 0.6 is 0 Å². The predicted molar refractivity (Wildman–Crippen MR) is 114 cm³/mol. The molecule has 31 heavy (non-hydrogen) atoms. The molecule has 0 saturated carbocycles. The number of halogens is 1. The molecular formula is C25H26FNO4. The fourth-order valence-electron chi connectivity index (χ4n) is 3.76. The zero-order chi connectivity index (χ0) is 21.5. The number of carbonyl (C=O) groups excluding carboxylic acids is 1. The van der Waals surface area contributed by atoms with Crippen molar-refractivity contribution in [3.63, 3.8) is 0 Å². The molecule has 1 aliphatic rings. The van der Waals surface area contributed by atoms with E-state index in [9.17, 15) is 9.18 Å². The Balaban J connectivity index is 1.40. The average Bonchev–Trinajstić information content (AvgIpc) is 3.49. The van der Waals surface area contributed by atoms with E-state index in [4.69, 9.17) is 13.9 Å². The van der Waals surface area contributed by atoms with E-state index < -0.39 is 0 Å². The van der Waals surface area contributed by atoms with Crippen molar-refractivity contribution in [1.82, 2.24) is 4.90 Å². The fourth-order valence-corrected chi connectivity index (χ4v) is 3.76. The van der Waals surface area contributed by atoms with Gasteiger partial charge in [-0.3, -0.25) is 4.79 Å². The number of ether oxygens (including phenoxy) is 2. The molecular weight excluding hydrogens is 397 g/mol. The first-order valence-electron chi connectivity index (χ1n) is 10.6. The number of hydrogen-bond donors (Lipinski definition) is 0. The second-order valence-corrected chi connectivity index (χ2v) is 7.67. The van der Waals surface area contributed by atoms with Gasteiger partial charge in [0.1, 0.15) is 17.8 Å². The molecule has 2 heterocycles. The largest absolute Gasteiger partial charge is 0.493 e. The van der Waals surface area contributed by atoms with Gasteiger partial charge in [0.15, 0.2) is 0 Å². The highest BCUT2D eigenvalue weighted by molar-refractivity contribution is 5.93. The van der Waals surface area contributed by atoms with Crippen LogP contribution in [0.15, 0.2) is 71.5 Å². The normalized spacial score (nSPS) is 15.7. The smallest absolute Gasteiger partial charge is 0.257 e. The number of nitrogens with zero attached hydrogens (tertiary/aromatic N) is 1. The van der Waals surface area contributed by atoms with E-state index in [-0.39, 0.29) is 17.8 Å². The monoisotopic (exact) mass is 423 g/mol. The van der Waals surface area contributed by atoms with Crippen molar-refractivity contribution in [1.29, 1.82) is 0 Å². The maximum absolute atomic E-state index is 13.8. The van der Waals surface area contributed by atoms with Gasteiger partial charge in [0.2, 0.25) is 0 Å². The minimum Gasteiger partial charge on any atom is -0.493 e. The zero-order valence-electron chi connectivity index (χ0n) is 17.3. The van der Waals surface area contributed by atoms with Crippen LogP contribution in [-0.4, -0.2) is 36.7 Å². The lowest BCUT2D eigenvalue weighted by molar-refractivity contribution is 0.0506.